The fourth-order valence-electron chi connectivity index (χ4n) is 0.0787. The van der Waals surface area contributed by atoms with Crippen LogP contribution in [0.2, 0.25) is 0 Å². The lowest BCUT2D eigenvalue weighted by Gasteiger charge is -1.76. The molecule has 0 aliphatic carbocycles. The van der Waals surface area contributed by atoms with E-state index in [1.54, 1.807) is 0 Å². The van der Waals surface area contributed by atoms with Crippen molar-refractivity contribution < 1.29 is 4.79 Å². The first-order valence-corrected chi connectivity index (χ1v) is 2.62. The van der Waals surface area contributed by atoms with Crippen LogP contribution in [0.25, 0.3) is 0 Å². The minimum atomic E-state index is -0.322. The number of nitrogens with one attached hydrogen (secondary N) is 1. The molecule has 0 aliphatic heterocycles. The highest BCUT2D eigenvalue weighted by Crippen LogP contribution is 1.49. The van der Waals surface area contributed by atoms with E-state index in [0.717, 1.165) is 0 Å². The van der Waals surface area contributed by atoms with Crippen LogP contribution in [-0.4, -0.2) is 11.0 Å². The van der Waals surface area contributed by atoms with Crippen LogP contribution in [0.4, 0.5) is 0 Å². The molecule has 5 N–H and O–H groups in total. The molecule has 6 heteroatoms. The Morgan fingerprint density at radius 1 is 1.70 bits per heavy atom. The van der Waals surface area contributed by atoms with Crippen molar-refractivity contribution in [3.8, 4) is 6.19 Å². The highest BCUT2D eigenvalue weighted by molar-refractivity contribution is 7.80. The van der Waals surface area contributed by atoms with Crippen LogP contribution in [0.5, 0.6) is 0 Å². The summed E-state index contributed by atoms with van der Waals surface area (Å²) >= 11 is 4.09. The van der Waals surface area contributed by atoms with Gasteiger partial charge in [0.25, 0.3) is 0 Å². The molecule has 0 saturated heterocycles. The average Bonchev–Trinajstić information content (AvgIpc) is 1.62. The summed E-state index contributed by atoms with van der Waals surface area (Å²) in [7, 11) is 0. The molecule has 0 aromatic carbocycles. The lowest BCUT2D eigenvalue weighted by Crippen LogP contribution is -2.18. The van der Waals surface area contributed by atoms with Gasteiger partial charge in [-0.15, -0.1) is 0 Å². The summed E-state index contributed by atoms with van der Waals surface area (Å²) < 4.78 is 0. The lowest BCUT2D eigenvalue weighted by atomic mass is 10.7. The Bertz CT molecular complexity index is 157. The number of carbonyl (C=O) groups excluding carboxylic acids is 1. The number of nitrogens with zero attached hydrogens (tertiary/aromatic N) is 1. The first kappa shape index (κ1) is 11.4. The SMILES string of the molecule is CC(=O)NC#N.NC(N)=S. The maximum atomic E-state index is 9.71. The molecule has 0 saturated carbocycles. The van der Waals surface area contributed by atoms with E-state index in [1.807, 2.05) is 5.32 Å². The number of carbonyl (C=O) groups is 1. The smallest absolute Gasteiger partial charge is 0.229 e. The predicted molar refractivity (Wildman–Crippen MR) is 40.4 cm³/mol. The fraction of sp³-hybridized carbons (Fsp3) is 0.250. The van der Waals surface area contributed by atoms with Crippen molar-refractivity contribution in [3.63, 3.8) is 0 Å². The predicted octanol–water partition coefficient (Wildman–Crippen LogP) is -1.21. The molecular formula is C4H8N4OS. The quantitative estimate of drug-likeness (QED) is 0.234. The van der Waals surface area contributed by atoms with Gasteiger partial charge in [-0.25, -0.2) is 0 Å². The molecule has 0 fully saturated rings. The van der Waals surface area contributed by atoms with Gasteiger partial charge < -0.3 is 11.5 Å². The minimum Gasteiger partial charge on any atom is -0.377 e. The molecule has 0 aromatic heterocycles. The summed E-state index contributed by atoms with van der Waals surface area (Å²) in [5.74, 6) is -0.322. The maximum Gasteiger partial charge on any atom is 0.229 e. The van der Waals surface area contributed by atoms with Crippen molar-refractivity contribution in [1.29, 1.82) is 5.26 Å². The zero-order valence-electron chi connectivity index (χ0n) is 5.42. The lowest BCUT2D eigenvalue weighted by molar-refractivity contribution is -0.117. The van der Waals surface area contributed by atoms with Crippen molar-refractivity contribution in [2.75, 3.05) is 0 Å². The Morgan fingerprint density at radius 3 is 2.00 bits per heavy atom. The van der Waals surface area contributed by atoms with Crippen LogP contribution in [0, 0.1) is 11.5 Å². The second-order valence-electron chi connectivity index (χ2n) is 1.20. The van der Waals surface area contributed by atoms with Gasteiger partial charge in [0.2, 0.25) is 5.91 Å². The van der Waals surface area contributed by atoms with Crippen molar-refractivity contribution in [2.45, 2.75) is 6.92 Å². The molecule has 0 heterocycles. The first-order chi connectivity index (χ1) is 4.50. The van der Waals surface area contributed by atoms with Gasteiger partial charge in [0.05, 0.1) is 0 Å². The van der Waals surface area contributed by atoms with Gasteiger partial charge in [-0.1, -0.05) is 0 Å². The monoisotopic (exact) mass is 160 g/mol. The molecule has 0 radical (unpaired) electrons. The van der Waals surface area contributed by atoms with E-state index < -0.39 is 0 Å². The standard InChI is InChI=1S/C3H4N2O.CH4N2S/c1-3(6)5-2-4;2-1(3)4/h1H3,(H,5,6);(H4,2,3,4). The third-order valence-corrected chi connectivity index (χ3v) is 0.232. The molecule has 0 bridgehead atoms. The number of thiocarbonyl (C=S) groups is 1. The second-order valence-corrected chi connectivity index (χ2v) is 1.67. The summed E-state index contributed by atoms with van der Waals surface area (Å²) in [5, 5.41) is 9.53. The molecule has 0 spiro atoms. The van der Waals surface area contributed by atoms with E-state index in [0.29, 0.717) is 0 Å². The number of nitrogens with two attached hydrogens (primary N) is 2. The van der Waals surface area contributed by atoms with Crippen LogP contribution >= 0.6 is 12.2 Å². The average molecular weight is 160 g/mol. The summed E-state index contributed by atoms with van der Waals surface area (Å²) in [4.78, 5) is 9.71. The maximum absolute atomic E-state index is 9.71. The van der Waals surface area contributed by atoms with Gasteiger partial charge in [-0.3, -0.25) is 10.1 Å². The first-order valence-electron chi connectivity index (χ1n) is 2.21. The zero-order chi connectivity index (χ0) is 8.57. The highest BCUT2D eigenvalue weighted by Gasteiger charge is 1.78. The number of rotatable bonds is 0. The Morgan fingerprint density at radius 2 is 2.00 bits per heavy atom. The zero-order valence-corrected chi connectivity index (χ0v) is 6.23. The molecule has 0 unspecified atom stereocenters. The van der Waals surface area contributed by atoms with Crippen LogP contribution in [0.15, 0.2) is 0 Å². The Kier molecular flexibility index (Phi) is 8.76. The molecule has 10 heavy (non-hydrogen) atoms. The van der Waals surface area contributed by atoms with Crippen molar-refractivity contribution in [2.24, 2.45) is 11.5 Å². The third kappa shape index (κ3) is 78.0. The van der Waals surface area contributed by atoms with E-state index >= 15 is 0 Å². The topological polar surface area (TPSA) is 105 Å². The molecule has 56 valence electrons. The second kappa shape index (κ2) is 7.65. The van der Waals surface area contributed by atoms with Gasteiger partial charge in [0, 0.05) is 6.92 Å². The molecule has 0 aliphatic rings. The summed E-state index contributed by atoms with van der Waals surface area (Å²) in [6, 6.07) is 0. The van der Waals surface area contributed by atoms with Crippen molar-refractivity contribution >= 4 is 23.2 Å². The van der Waals surface area contributed by atoms with E-state index in [4.69, 9.17) is 5.26 Å². The summed E-state index contributed by atoms with van der Waals surface area (Å²) in [5.41, 5.74) is 9.24. The Labute approximate surface area is 64.0 Å². The molecule has 0 aromatic rings. The number of nitriles is 1. The Balaban J connectivity index is 0. The van der Waals surface area contributed by atoms with Gasteiger partial charge >= 0.3 is 0 Å². The molecular weight excluding hydrogens is 152 g/mol. The van der Waals surface area contributed by atoms with Crippen LogP contribution < -0.4 is 16.8 Å². The molecule has 5 nitrogen and oxygen atoms in total. The van der Waals surface area contributed by atoms with Gasteiger partial charge in [0.15, 0.2) is 11.3 Å². The largest absolute Gasteiger partial charge is 0.377 e. The normalized spacial score (nSPS) is 6.00. The van der Waals surface area contributed by atoms with E-state index in [9.17, 15) is 4.79 Å². The fourth-order valence-corrected chi connectivity index (χ4v) is 0.0787. The van der Waals surface area contributed by atoms with E-state index in [1.165, 1.54) is 13.1 Å². The molecule has 0 atom stereocenters. The highest BCUT2D eigenvalue weighted by atomic mass is 32.1. The Hall–Kier alpha value is -1.35. The third-order valence-electron chi connectivity index (χ3n) is 0.232. The molecule has 1 amide bonds. The van der Waals surface area contributed by atoms with Crippen LogP contribution in [0.1, 0.15) is 6.92 Å². The number of amides is 1. The van der Waals surface area contributed by atoms with Gasteiger partial charge in [0.1, 0.15) is 0 Å². The molecule has 0 rings (SSSR count). The van der Waals surface area contributed by atoms with Gasteiger partial charge in [-0.05, 0) is 12.2 Å². The van der Waals surface area contributed by atoms with Crippen molar-refractivity contribution in [1.82, 2.24) is 5.32 Å². The van der Waals surface area contributed by atoms with Crippen molar-refractivity contribution in [3.05, 3.63) is 0 Å². The summed E-state index contributed by atoms with van der Waals surface area (Å²) in [6.45, 7) is 1.28. The van der Waals surface area contributed by atoms with Crippen LogP contribution in [-0.2, 0) is 4.79 Å². The van der Waals surface area contributed by atoms with Crippen LogP contribution in [0.3, 0.4) is 0 Å². The van der Waals surface area contributed by atoms with Gasteiger partial charge in [-0.2, -0.15) is 5.26 Å². The minimum absolute atomic E-state index is 0.000000000000000222. The summed E-state index contributed by atoms with van der Waals surface area (Å²) in [6.07, 6.45) is 1.47. The van der Waals surface area contributed by atoms with E-state index in [-0.39, 0.29) is 11.0 Å². The number of hydrogen-bond donors (Lipinski definition) is 3. The van der Waals surface area contributed by atoms with E-state index in [2.05, 4.69) is 23.7 Å². The number of hydrogen-bond acceptors (Lipinski definition) is 3.